The van der Waals surface area contributed by atoms with Gasteiger partial charge in [0.2, 0.25) is 0 Å². The molecule has 10 heteroatoms. The molecule has 0 fully saturated rings. The summed E-state index contributed by atoms with van der Waals surface area (Å²) in [5.74, 6) is -0.450. The lowest BCUT2D eigenvalue weighted by atomic mass is 9.84. The van der Waals surface area contributed by atoms with E-state index in [1.807, 2.05) is 50.2 Å². The molecule has 0 amide bonds. The fourth-order valence-electron chi connectivity index (χ4n) is 3.31. The third-order valence-corrected chi connectivity index (χ3v) is 5.24. The maximum absolute atomic E-state index is 10.9. The second-order valence-electron chi connectivity index (χ2n) is 7.77. The van der Waals surface area contributed by atoms with Crippen LogP contribution in [-0.4, -0.2) is 29.8 Å². The highest BCUT2D eigenvalue weighted by atomic mass is 16.6. The summed E-state index contributed by atoms with van der Waals surface area (Å²) >= 11 is 0. The van der Waals surface area contributed by atoms with Crippen LogP contribution in [0.25, 0.3) is 22.5 Å². The number of nitrogens with zero attached hydrogens (tertiary/aromatic N) is 6. The Morgan fingerprint density at radius 2 is 1.09 bits per heavy atom. The van der Waals surface area contributed by atoms with Crippen molar-refractivity contribution in [2.24, 2.45) is 0 Å². The number of pyridine rings is 4. The van der Waals surface area contributed by atoms with Gasteiger partial charge in [0.25, 0.3) is 0 Å². The summed E-state index contributed by atoms with van der Waals surface area (Å²) in [6.45, 7) is 3.99. The van der Waals surface area contributed by atoms with E-state index in [9.17, 15) is 20.2 Å². The van der Waals surface area contributed by atoms with Crippen molar-refractivity contribution in [3.63, 3.8) is 0 Å². The van der Waals surface area contributed by atoms with Crippen molar-refractivity contribution >= 4 is 11.6 Å². The minimum atomic E-state index is -0.575. The van der Waals surface area contributed by atoms with Gasteiger partial charge < -0.3 is 20.2 Å². The summed E-state index contributed by atoms with van der Waals surface area (Å²) in [6.07, 6.45) is 2.86. The van der Waals surface area contributed by atoms with Gasteiger partial charge >= 0.3 is 11.6 Å². The first-order valence-electron chi connectivity index (χ1n) is 9.92. The first kappa shape index (κ1) is 21.6. The van der Waals surface area contributed by atoms with Crippen molar-refractivity contribution in [2.75, 3.05) is 0 Å². The van der Waals surface area contributed by atoms with Gasteiger partial charge in [0.05, 0.1) is 22.8 Å². The standard InChI is InChI=1S/C23H18N6O4/c1-23(2,19-7-3-5-17(26-19)15-9-11-21(24-13-15)28(30)31)20-8-4-6-18(27-20)16-10-12-22(25-14-16)29(32)33/h3-14H,1-2H3. The zero-order valence-electron chi connectivity index (χ0n) is 17.7. The van der Waals surface area contributed by atoms with Crippen molar-refractivity contribution in [2.45, 2.75) is 19.3 Å². The molecule has 33 heavy (non-hydrogen) atoms. The van der Waals surface area contributed by atoms with E-state index in [2.05, 4.69) is 9.97 Å². The number of rotatable bonds is 6. The average molecular weight is 442 g/mol. The first-order valence-corrected chi connectivity index (χ1v) is 9.92. The minimum absolute atomic E-state index is 0.225. The molecule has 0 unspecified atom stereocenters. The van der Waals surface area contributed by atoms with Crippen LogP contribution in [0.4, 0.5) is 11.6 Å². The van der Waals surface area contributed by atoms with Gasteiger partial charge in [0, 0.05) is 28.7 Å². The molecular weight excluding hydrogens is 424 g/mol. The molecule has 10 nitrogen and oxygen atoms in total. The van der Waals surface area contributed by atoms with Crippen molar-refractivity contribution in [1.29, 1.82) is 0 Å². The van der Waals surface area contributed by atoms with Crippen LogP contribution in [0.1, 0.15) is 25.2 Å². The van der Waals surface area contributed by atoms with Gasteiger partial charge in [-0.2, -0.15) is 0 Å². The Bertz CT molecular complexity index is 1230. The second kappa shape index (κ2) is 8.50. The van der Waals surface area contributed by atoms with Gasteiger partial charge in [-0.1, -0.05) is 12.1 Å². The van der Waals surface area contributed by atoms with Gasteiger partial charge in [0.15, 0.2) is 0 Å². The van der Waals surface area contributed by atoms with Crippen LogP contribution in [0.2, 0.25) is 0 Å². The highest BCUT2D eigenvalue weighted by Gasteiger charge is 2.27. The van der Waals surface area contributed by atoms with E-state index < -0.39 is 15.3 Å². The second-order valence-corrected chi connectivity index (χ2v) is 7.77. The van der Waals surface area contributed by atoms with Gasteiger partial charge in [-0.05, 0) is 70.1 Å². The van der Waals surface area contributed by atoms with E-state index in [0.29, 0.717) is 22.5 Å². The summed E-state index contributed by atoms with van der Waals surface area (Å²) < 4.78 is 0. The molecule has 0 aliphatic carbocycles. The molecule has 4 heterocycles. The van der Waals surface area contributed by atoms with Crippen molar-refractivity contribution in [3.8, 4) is 22.5 Å². The number of nitro groups is 2. The fourth-order valence-corrected chi connectivity index (χ4v) is 3.31. The van der Waals surface area contributed by atoms with Gasteiger partial charge in [-0.15, -0.1) is 0 Å². The highest BCUT2D eigenvalue weighted by molar-refractivity contribution is 5.60. The maximum atomic E-state index is 10.9. The van der Waals surface area contributed by atoms with Crippen LogP contribution in [-0.2, 0) is 5.41 Å². The molecule has 0 aliphatic heterocycles. The SMILES string of the molecule is CC(C)(c1cccc(-c2ccc([N+](=O)[O-])nc2)n1)c1cccc(-c2ccc([N+](=O)[O-])nc2)n1. The molecule has 164 valence electrons. The Morgan fingerprint density at radius 3 is 1.42 bits per heavy atom. The number of hydrogen-bond acceptors (Lipinski definition) is 8. The molecule has 0 spiro atoms. The maximum Gasteiger partial charge on any atom is 0.363 e. The molecule has 0 saturated carbocycles. The molecule has 4 aromatic rings. The summed E-state index contributed by atoms with van der Waals surface area (Å²) in [4.78, 5) is 37.9. The molecule has 4 rings (SSSR count). The van der Waals surface area contributed by atoms with E-state index >= 15 is 0 Å². The molecule has 0 saturated heterocycles. The van der Waals surface area contributed by atoms with E-state index in [1.165, 1.54) is 24.5 Å². The van der Waals surface area contributed by atoms with E-state index in [-0.39, 0.29) is 11.6 Å². The molecule has 4 aromatic heterocycles. The van der Waals surface area contributed by atoms with Gasteiger partial charge in [-0.3, -0.25) is 9.97 Å². The van der Waals surface area contributed by atoms with Crippen molar-refractivity contribution < 1.29 is 9.85 Å². The Kier molecular flexibility index (Phi) is 5.57. The smallest absolute Gasteiger partial charge is 0.358 e. The van der Waals surface area contributed by atoms with Crippen LogP contribution >= 0.6 is 0 Å². The Balaban J connectivity index is 1.67. The minimum Gasteiger partial charge on any atom is -0.358 e. The predicted molar refractivity (Wildman–Crippen MR) is 120 cm³/mol. The summed E-state index contributed by atoms with van der Waals surface area (Å²) in [5, 5.41) is 21.7. The normalized spacial score (nSPS) is 11.2. The summed E-state index contributed by atoms with van der Waals surface area (Å²) in [5.41, 5.74) is 3.54. The number of hydrogen-bond donors (Lipinski definition) is 0. The summed E-state index contributed by atoms with van der Waals surface area (Å²) in [6, 6.07) is 17.1. The van der Waals surface area contributed by atoms with E-state index in [4.69, 9.17) is 9.97 Å². The topological polar surface area (TPSA) is 138 Å². The molecule has 0 radical (unpaired) electrons. The van der Waals surface area contributed by atoms with Gasteiger partial charge in [0.1, 0.15) is 12.4 Å². The van der Waals surface area contributed by atoms with Crippen LogP contribution in [0.3, 0.4) is 0 Å². The third-order valence-electron chi connectivity index (χ3n) is 5.24. The third kappa shape index (κ3) is 4.40. The average Bonchev–Trinajstić information content (AvgIpc) is 2.84. The van der Waals surface area contributed by atoms with Crippen LogP contribution < -0.4 is 0 Å². The quantitative estimate of drug-likeness (QED) is 0.308. The first-order chi connectivity index (χ1) is 15.8. The van der Waals surface area contributed by atoms with Crippen molar-refractivity contribution in [1.82, 2.24) is 19.9 Å². The summed E-state index contributed by atoms with van der Waals surface area (Å²) in [7, 11) is 0. The van der Waals surface area contributed by atoms with E-state index in [1.54, 1.807) is 12.1 Å². The zero-order valence-corrected chi connectivity index (χ0v) is 17.7. The number of aromatic nitrogens is 4. The monoisotopic (exact) mass is 442 g/mol. The molecule has 0 atom stereocenters. The molecule has 0 bridgehead atoms. The van der Waals surface area contributed by atoms with Crippen LogP contribution in [0.15, 0.2) is 73.1 Å². The van der Waals surface area contributed by atoms with Crippen LogP contribution in [0.5, 0.6) is 0 Å². The van der Waals surface area contributed by atoms with E-state index in [0.717, 1.165) is 11.4 Å². The molecule has 0 aliphatic rings. The Hall–Kier alpha value is -4.60. The van der Waals surface area contributed by atoms with Crippen LogP contribution in [0, 0.1) is 20.2 Å². The lowest BCUT2D eigenvalue weighted by Crippen LogP contribution is -2.22. The molecular formula is C23H18N6O4. The van der Waals surface area contributed by atoms with Gasteiger partial charge in [-0.25, -0.2) is 0 Å². The molecule has 0 N–H and O–H groups in total. The molecule has 0 aromatic carbocycles. The lowest BCUT2D eigenvalue weighted by Gasteiger charge is -2.24. The zero-order chi connectivity index (χ0) is 23.6. The van der Waals surface area contributed by atoms with Crippen molar-refractivity contribution in [3.05, 3.63) is 105 Å². The fraction of sp³-hybridized carbons (Fsp3) is 0.130. The lowest BCUT2D eigenvalue weighted by molar-refractivity contribution is -0.389. The Labute approximate surface area is 188 Å². The largest absolute Gasteiger partial charge is 0.363 e. The Morgan fingerprint density at radius 1 is 0.667 bits per heavy atom. The highest BCUT2D eigenvalue weighted by Crippen LogP contribution is 2.32. The predicted octanol–water partition coefficient (Wildman–Crippen LogP) is 4.74.